The number of nitrogens with zero attached hydrogens (tertiary/aromatic N) is 1. The van der Waals surface area contributed by atoms with Gasteiger partial charge in [0.1, 0.15) is 23.9 Å². The van der Waals surface area contributed by atoms with Crippen molar-refractivity contribution in [3.8, 4) is 11.5 Å². The maximum absolute atomic E-state index is 12.4. The summed E-state index contributed by atoms with van der Waals surface area (Å²) in [5.74, 6) is 0.250. The Labute approximate surface area is 183 Å². The molecule has 1 N–H and O–H groups in total. The number of benzene rings is 2. The van der Waals surface area contributed by atoms with Gasteiger partial charge in [-0.05, 0) is 50.2 Å². The van der Waals surface area contributed by atoms with Gasteiger partial charge in [0.2, 0.25) is 0 Å². The van der Waals surface area contributed by atoms with Crippen LogP contribution in [0, 0.1) is 13.8 Å². The molecule has 0 spiro atoms. The van der Waals surface area contributed by atoms with Gasteiger partial charge in [-0.25, -0.2) is 4.79 Å². The lowest BCUT2D eigenvalue weighted by Gasteiger charge is -2.18. The van der Waals surface area contributed by atoms with Crippen molar-refractivity contribution in [2.45, 2.75) is 20.5 Å². The number of rotatable bonds is 7. The number of ether oxygens (including phenoxy) is 3. The van der Waals surface area contributed by atoms with Gasteiger partial charge >= 0.3 is 5.97 Å². The number of Topliss-reactive ketones (excluding diaryl/α,β-unsaturated/α-hetero) is 1. The van der Waals surface area contributed by atoms with Gasteiger partial charge in [0, 0.05) is 5.56 Å². The molecule has 0 atom stereocenters. The van der Waals surface area contributed by atoms with Crippen LogP contribution in [-0.4, -0.2) is 36.0 Å². The zero-order valence-electron chi connectivity index (χ0n) is 17.5. The summed E-state index contributed by atoms with van der Waals surface area (Å²) < 4.78 is 21.3. The fraction of sp³-hybridized carbons (Fsp3) is 0.217. The second kappa shape index (κ2) is 8.93. The van der Waals surface area contributed by atoms with Crippen LogP contribution >= 0.6 is 0 Å². The Bertz CT molecular complexity index is 1180. The first-order chi connectivity index (χ1) is 15.4. The quantitative estimate of drug-likeness (QED) is 0.443. The van der Waals surface area contributed by atoms with Crippen molar-refractivity contribution >= 4 is 23.3 Å². The average Bonchev–Trinajstić information content (AvgIpc) is 3.12. The Balaban J connectivity index is 1.36. The van der Waals surface area contributed by atoms with Crippen molar-refractivity contribution in [2.24, 2.45) is 0 Å². The normalized spacial score (nSPS) is 12.4. The topological polar surface area (TPSA) is 117 Å². The van der Waals surface area contributed by atoms with Crippen molar-refractivity contribution < 1.29 is 33.1 Å². The van der Waals surface area contributed by atoms with Crippen molar-refractivity contribution in [1.29, 1.82) is 0 Å². The second-order valence-corrected chi connectivity index (χ2v) is 7.17. The van der Waals surface area contributed by atoms with Crippen LogP contribution < -0.4 is 14.8 Å². The predicted octanol–water partition coefficient (Wildman–Crippen LogP) is 3.24. The third-order valence-corrected chi connectivity index (χ3v) is 4.90. The highest BCUT2D eigenvalue weighted by molar-refractivity contribution is 6.02. The highest BCUT2D eigenvalue weighted by Crippen LogP contribution is 2.28. The zero-order chi connectivity index (χ0) is 22.7. The van der Waals surface area contributed by atoms with Gasteiger partial charge < -0.3 is 24.1 Å². The number of aryl methyl sites for hydroxylation is 2. The number of fused-ring (bicyclic) bond motifs is 1. The van der Waals surface area contributed by atoms with Crippen LogP contribution in [-0.2, 0) is 16.1 Å². The van der Waals surface area contributed by atoms with E-state index in [1.54, 1.807) is 37.3 Å². The largest absolute Gasteiger partial charge is 0.489 e. The first kappa shape index (κ1) is 21.1. The maximum Gasteiger partial charge on any atom is 0.338 e. The van der Waals surface area contributed by atoms with Crippen LogP contribution in [0.25, 0.3) is 0 Å². The molecule has 9 heteroatoms. The summed E-state index contributed by atoms with van der Waals surface area (Å²) in [6, 6.07) is 11.1. The summed E-state index contributed by atoms with van der Waals surface area (Å²) in [5.41, 5.74) is 2.53. The number of anilines is 1. The molecule has 32 heavy (non-hydrogen) atoms. The van der Waals surface area contributed by atoms with Crippen molar-refractivity contribution in [1.82, 2.24) is 5.16 Å². The number of esters is 1. The summed E-state index contributed by atoms with van der Waals surface area (Å²) in [6.07, 6.45) is 0. The molecule has 2 aromatic carbocycles. The van der Waals surface area contributed by atoms with Crippen LogP contribution in [0.3, 0.4) is 0 Å². The number of hydrogen-bond donors (Lipinski definition) is 1. The van der Waals surface area contributed by atoms with Gasteiger partial charge in [-0.3, -0.25) is 9.59 Å². The molecule has 1 aliphatic heterocycles. The van der Waals surface area contributed by atoms with Gasteiger partial charge in [-0.1, -0.05) is 11.2 Å². The fourth-order valence-electron chi connectivity index (χ4n) is 3.13. The van der Waals surface area contributed by atoms with Crippen molar-refractivity contribution in [3.05, 3.63) is 70.6 Å². The Morgan fingerprint density at radius 1 is 1.12 bits per heavy atom. The molecule has 0 bridgehead atoms. The van der Waals surface area contributed by atoms with Crippen LogP contribution in [0.4, 0.5) is 5.69 Å². The Kier molecular flexibility index (Phi) is 5.89. The van der Waals surface area contributed by atoms with E-state index in [1.165, 1.54) is 12.1 Å². The molecule has 164 valence electrons. The molecule has 4 rings (SSSR count). The second-order valence-electron chi connectivity index (χ2n) is 7.17. The van der Waals surface area contributed by atoms with Crippen LogP contribution in [0.1, 0.15) is 37.7 Å². The molecule has 3 aromatic rings. The molecule has 9 nitrogen and oxygen atoms in total. The molecule has 2 heterocycles. The standard InChI is InChI=1S/C23H20N2O7/c1-13-18(14(2)32-25-13)10-29-17-5-3-4-16(8-17)23(28)31-11-20(26)15-6-7-21-19(9-15)24-22(27)12-30-21/h3-9H,10-12H2,1-2H3,(H,24,27). The molecule has 0 aliphatic carbocycles. The first-order valence-corrected chi connectivity index (χ1v) is 9.82. The third-order valence-electron chi connectivity index (χ3n) is 4.90. The Morgan fingerprint density at radius 2 is 1.97 bits per heavy atom. The fourth-order valence-corrected chi connectivity index (χ4v) is 3.13. The molecule has 0 radical (unpaired) electrons. The van der Waals surface area contributed by atoms with Crippen LogP contribution in [0.15, 0.2) is 47.0 Å². The predicted molar refractivity (Wildman–Crippen MR) is 112 cm³/mol. The van der Waals surface area contributed by atoms with Gasteiger partial charge in [-0.2, -0.15) is 0 Å². The lowest BCUT2D eigenvalue weighted by atomic mass is 10.1. The van der Waals surface area contributed by atoms with E-state index in [4.69, 9.17) is 18.7 Å². The van der Waals surface area contributed by atoms with Crippen molar-refractivity contribution in [2.75, 3.05) is 18.5 Å². The van der Waals surface area contributed by atoms with E-state index >= 15 is 0 Å². The lowest BCUT2D eigenvalue weighted by molar-refractivity contribution is -0.118. The minimum atomic E-state index is -0.657. The van der Waals surface area contributed by atoms with E-state index in [2.05, 4.69) is 10.5 Å². The van der Waals surface area contributed by atoms with Crippen LogP contribution in [0.2, 0.25) is 0 Å². The molecule has 1 amide bonds. The van der Waals surface area contributed by atoms with E-state index in [0.29, 0.717) is 28.5 Å². The zero-order valence-corrected chi connectivity index (χ0v) is 17.5. The van der Waals surface area contributed by atoms with Crippen LogP contribution in [0.5, 0.6) is 11.5 Å². The maximum atomic E-state index is 12.4. The van der Waals surface area contributed by atoms with E-state index in [0.717, 1.165) is 11.3 Å². The molecule has 0 fully saturated rings. The lowest BCUT2D eigenvalue weighted by Crippen LogP contribution is -2.25. The van der Waals surface area contributed by atoms with Gasteiger partial charge in [-0.15, -0.1) is 0 Å². The number of amides is 1. The average molecular weight is 436 g/mol. The number of nitrogens with one attached hydrogen (secondary N) is 1. The van der Waals surface area contributed by atoms with E-state index in [-0.39, 0.29) is 24.7 Å². The minimum absolute atomic E-state index is 0.0706. The number of carbonyl (C=O) groups excluding carboxylic acids is 3. The molecule has 0 saturated carbocycles. The summed E-state index contributed by atoms with van der Waals surface area (Å²) in [7, 11) is 0. The summed E-state index contributed by atoms with van der Waals surface area (Å²) in [6.45, 7) is 3.35. The molecule has 1 aromatic heterocycles. The van der Waals surface area contributed by atoms with E-state index in [1.807, 2.05) is 6.92 Å². The molecule has 0 unspecified atom stereocenters. The highest BCUT2D eigenvalue weighted by Gasteiger charge is 2.19. The van der Waals surface area contributed by atoms with E-state index in [9.17, 15) is 14.4 Å². The minimum Gasteiger partial charge on any atom is -0.489 e. The summed E-state index contributed by atoms with van der Waals surface area (Å²) in [5, 5.41) is 6.51. The summed E-state index contributed by atoms with van der Waals surface area (Å²) in [4.78, 5) is 36.3. The Hall–Kier alpha value is -4.14. The number of aromatic nitrogens is 1. The van der Waals surface area contributed by atoms with Gasteiger partial charge in [0.15, 0.2) is 19.0 Å². The molecule has 0 saturated heterocycles. The smallest absolute Gasteiger partial charge is 0.338 e. The van der Waals surface area contributed by atoms with Gasteiger partial charge in [0.25, 0.3) is 5.91 Å². The molecular formula is C23H20N2O7. The monoisotopic (exact) mass is 436 g/mol. The molecular weight excluding hydrogens is 416 g/mol. The Morgan fingerprint density at radius 3 is 2.75 bits per heavy atom. The van der Waals surface area contributed by atoms with Gasteiger partial charge in [0.05, 0.1) is 22.5 Å². The van der Waals surface area contributed by atoms with Crippen molar-refractivity contribution in [3.63, 3.8) is 0 Å². The number of carbonyl (C=O) groups is 3. The number of ketones is 1. The SMILES string of the molecule is Cc1noc(C)c1COc1cccc(C(=O)OCC(=O)c2ccc3c(c2)NC(=O)CO3)c1. The summed E-state index contributed by atoms with van der Waals surface area (Å²) >= 11 is 0. The van der Waals surface area contributed by atoms with E-state index < -0.39 is 18.4 Å². The molecule has 1 aliphatic rings. The number of hydrogen-bond acceptors (Lipinski definition) is 8. The highest BCUT2D eigenvalue weighted by atomic mass is 16.5. The third kappa shape index (κ3) is 4.61. The first-order valence-electron chi connectivity index (χ1n) is 9.82.